The van der Waals surface area contributed by atoms with E-state index in [0.717, 1.165) is 50.5 Å². The van der Waals surface area contributed by atoms with Gasteiger partial charge in [0.05, 0.1) is 18.6 Å². The second kappa shape index (κ2) is 5.66. The molecule has 3 aliphatic rings. The summed E-state index contributed by atoms with van der Waals surface area (Å²) in [7, 11) is 0. The molecular weight excluding hydrogens is 286 g/mol. The molecule has 2 aliphatic heterocycles. The van der Waals surface area contributed by atoms with Gasteiger partial charge in [-0.3, -0.25) is 9.69 Å². The first-order valence-corrected chi connectivity index (χ1v) is 8.70. The number of carbonyl (C=O) groups excluding carboxylic acids is 1. The molecule has 1 amide bonds. The van der Waals surface area contributed by atoms with Gasteiger partial charge in [-0.25, -0.2) is 4.98 Å². The third-order valence-corrected chi connectivity index (χ3v) is 5.54. The molecule has 114 valence electrons. The standard InChI is InChI=1S/C15H21N3O2S/c19-15(17-10-1-2-10)12-7-18(9-14-16-4-6-21-14)8-13-11(12)3-5-20-13/h4,6,10-13H,1-3,5,7-9H2,(H,17,19)/t11-,12+,13+/m0/s1. The van der Waals surface area contributed by atoms with Crippen LogP contribution in [0.5, 0.6) is 0 Å². The lowest BCUT2D eigenvalue weighted by Crippen LogP contribution is -2.52. The van der Waals surface area contributed by atoms with Crippen LogP contribution in [0.25, 0.3) is 0 Å². The smallest absolute Gasteiger partial charge is 0.225 e. The maximum atomic E-state index is 12.5. The molecule has 2 saturated heterocycles. The Morgan fingerprint density at radius 1 is 1.43 bits per heavy atom. The van der Waals surface area contributed by atoms with Crippen molar-refractivity contribution in [2.24, 2.45) is 11.8 Å². The van der Waals surface area contributed by atoms with Crippen molar-refractivity contribution in [2.45, 2.75) is 38.0 Å². The molecular formula is C15H21N3O2S. The number of hydrogen-bond donors (Lipinski definition) is 1. The Morgan fingerprint density at radius 2 is 2.33 bits per heavy atom. The van der Waals surface area contributed by atoms with Crippen LogP contribution in [0.15, 0.2) is 11.6 Å². The van der Waals surface area contributed by atoms with E-state index < -0.39 is 0 Å². The zero-order valence-corrected chi connectivity index (χ0v) is 12.8. The largest absolute Gasteiger partial charge is 0.377 e. The zero-order chi connectivity index (χ0) is 14.2. The SMILES string of the molecule is O=C(NC1CC1)[C@@H]1CN(Cc2nccs2)C[C@H]2OCC[C@H]21. The minimum atomic E-state index is 0.0758. The molecule has 3 atom stereocenters. The van der Waals surface area contributed by atoms with Crippen LogP contribution >= 0.6 is 11.3 Å². The molecule has 5 nitrogen and oxygen atoms in total. The van der Waals surface area contributed by atoms with Crippen molar-refractivity contribution >= 4 is 17.2 Å². The van der Waals surface area contributed by atoms with Crippen molar-refractivity contribution in [1.29, 1.82) is 0 Å². The van der Waals surface area contributed by atoms with Crippen LogP contribution in [0.4, 0.5) is 0 Å². The fourth-order valence-electron chi connectivity index (χ4n) is 3.52. The lowest BCUT2D eigenvalue weighted by molar-refractivity contribution is -0.131. The minimum Gasteiger partial charge on any atom is -0.377 e. The fraction of sp³-hybridized carbons (Fsp3) is 0.733. The molecule has 0 aromatic carbocycles. The normalized spacial score (nSPS) is 32.9. The summed E-state index contributed by atoms with van der Waals surface area (Å²) < 4.78 is 5.87. The quantitative estimate of drug-likeness (QED) is 0.910. The first kappa shape index (κ1) is 13.7. The average Bonchev–Trinajstić information content (AvgIpc) is 2.96. The maximum absolute atomic E-state index is 12.5. The molecule has 3 heterocycles. The van der Waals surface area contributed by atoms with Crippen LogP contribution in [0.1, 0.15) is 24.3 Å². The molecule has 0 unspecified atom stereocenters. The van der Waals surface area contributed by atoms with Gasteiger partial charge in [-0.05, 0) is 19.3 Å². The van der Waals surface area contributed by atoms with Crippen LogP contribution in [0.2, 0.25) is 0 Å². The predicted octanol–water partition coefficient (Wildman–Crippen LogP) is 1.26. The number of thiazole rings is 1. The van der Waals surface area contributed by atoms with E-state index in [1.807, 2.05) is 11.6 Å². The van der Waals surface area contributed by atoms with Gasteiger partial charge in [0.2, 0.25) is 5.91 Å². The highest BCUT2D eigenvalue weighted by Gasteiger charge is 2.44. The van der Waals surface area contributed by atoms with E-state index in [0.29, 0.717) is 12.0 Å². The summed E-state index contributed by atoms with van der Waals surface area (Å²) in [5.41, 5.74) is 0. The number of aromatic nitrogens is 1. The summed E-state index contributed by atoms with van der Waals surface area (Å²) in [4.78, 5) is 19.2. The topological polar surface area (TPSA) is 54.5 Å². The predicted molar refractivity (Wildman–Crippen MR) is 79.9 cm³/mol. The Hall–Kier alpha value is -0.980. The third-order valence-electron chi connectivity index (χ3n) is 4.77. The highest BCUT2D eigenvalue weighted by Crippen LogP contribution is 2.35. The Labute approximate surface area is 128 Å². The Balaban J connectivity index is 1.46. The van der Waals surface area contributed by atoms with Gasteiger partial charge in [0.25, 0.3) is 0 Å². The first-order valence-electron chi connectivity index (χ1n) is 7.82. The summed E-state index contributed by atoms with van der Waals surface area (Å²) in [6.07, 6.45) is 5.38. The number of carbonyl (C=O) groups is 1. The number of fused-ring (bicyclic) bond motifs is 1. The van der Waals surface area contributed by atoms with E-state index >= 15 is 0 Å². The fourth-order valence-corrected chi connectivity index (χ4v) is 4.18. The van der Waals surface area contributed by atoms with Crippen molar-refractivity contribution in [3.8, 4) is 0 Å². The summed E-state index contributed by atoms with van der Waals surface area (Å²) in [5.74, 6) is 0.713. The molecule has 21 heavy (non-hydrogen) atoms. The Morgan fingerprint density at radius 3 is 3.10 bits per heavy atom. The average molecular weight is 307 g/mol. The molecule has 1 N–H and O–H groups in total. The maximum Gasteiger partial charge on any atom is 0.225 e. The number of rotatable bonds is 4. The van der Waals surface area contributed by atoms with Gasteiger partial charge in [-0.1, -0.05) is 0 Å². The Bertz CT molecular complexity index is 503. The highest BCUT2D eigenvalue weighted by molar-refractivity contribution is 7.09. The number of hydrogen-bond acceptors (Lipinski definition) is 5. The number of ether oxygens (including phenoxy) is 1. The monoisotopic (exact) mass is 307 g/mol. The molecule has 4 rings (SSSR count). The van der Waals surface area contributed by atoms with E-state index in [4.69, 9.17) is 4.74 Å². The number of piperidine rings is 1. The lowest BCUT2D eigenvalue weighted by atomic mass is 9.82. The van der Waals surface area contributed by atoms with E-state index in [1.54, 1.807) is 11.3 Å². The molecule has 0 radical (unpaired) electrons. The van der Waals surface area contributed by atoms with Crippen molar-refractivity contribution in [2.75, 3.05) is 19.7 Å². The zero-order valence-electron chi connectivity index (χ0n) is 12.0. The van der Waals surface area contributed by atoms with E-state index in [-0.39, 0.29) is 17.9 Å². The number of likely N-dealkylation sites (tertiary alicyclic amines) is 1. The van der Waals surface area contributed by atoms with Gasteiger partial charge >= 0.3 is 0 Å². The van der Waals surface area contributed by atoms with E-state index in [9.17, 15) is 4.79 Å². The van der Waals surface area contributed by atoms with Gasteiger partial charge in [-0.2, -0.15) is 0 Å². The molecule has 1 saturated carbocycles. The van der Waals surface area contributed by atoms with Gasteiger partial charge in [0.15, 0.2) is 0 Å². The lowest BCUT2D eigenvalue weighted by Gasteiger charge is -2.39. The van der Waals surface area contributed by atoms with Gasteiger partial charge in [-0.15, -0.1) is 11.3 Å². The molecule has 3 fully saturated rings. The van der Waals surface area contributed by atoms with Crippen LogP contribution in [0, 0.1) is 11.8 Å². The molecule has 1 aromatic rings. The highest BCUT2D eigenvalue weighted by atomic mass is 32.1. The summed E-state index contributed by atoms with van der Waals surface area (Å²) in [6.45, 7) is 3.39. The number of nitrogens with one attached hydrogen (secondary N) is 1. The van der Waals surface area contributed by atoms with Gasteiger partial charge < -0.3 is 10.1 Å². The summed E-state index contributed by atoms with van der Waals surface area (Å²) in [6, 6.07) is 0.438. The minimum absolute atomic E-state index is 0.0758. The first-order chi connectivity index (χ1) is 10.3. The molecule has 0 bridgehead atoms. The van der Waals surface area contributed by atoms with Crippen LogP contribution in [-0.4, -0.2) is 47.6 Å². The van der Waals surface area contributed by atoms with Gasteiger partial charge in [0.1, 0.15) is 5.01 Å². The number of nitrogens with zero attached hydrogens (tertiary/aromatic N) is 2. The third kappa shape index (κ3) is 2.98. The van der Waals surface area contributed by atoms with E-state index in [1.165, 1.54) is 0 Å². The van der Waals surface area contributed by atoms with Crippen molar-refractivity contribution in [1.82, 2.24) is 15.2 Å². The molecule has 1 aliphatic carbocycles. The molecule has 1 aromatic heterocycles. The van der Waals surface area contributed by atoms with Crippen LogP contribution in [-0.2, 0) is 16.1 Å². The molecule has 0 spiro atoms. The van der Waals surface area contributed by atoms with Gasteiger partial charge in [0, 0.05) is 43.2 Å². The van der Waals surface area contributed by atoms with E-state index in [2.05, 4.69) is 15.2 Å². The van der Waals surface area contributed by atoms with Crippen molar-refractivity contribution in [3.63, 3.8) is 0 Å². The van der Waals surface area contributed by atoms with Crippen molar-refractivity contribution in [3.05, 3.63) is 16.6 Å². The van der Waals surface area contributed by atoms with Crippen LogP contribution in [0.3, 0.4) is 0 Å². The summed E-state index contributed by atoms with van der Waals surface area (Å²) >= 11 is 1.68. The molecule has 6 heteroatoms. The number of amides is 1. The van der Waals surface area contributed by atoms with Crippen LogP contribution < -0.4 is 5.32 Å². The van der Waals surface area contributed by atoms with Crippen molar-refractivity contribution < 1.29 is 9.53 Å². The Kier molecular flexibility index (Phi) is 3.69. The second-order valence-corrected chi connectivity index (χ2v) is 7.35. The summed E-state index contributed by atoms with van der Waals surface area (Å²) in [5, 5.41) is 6.31. The second-order valence-electron chi connectivity index (χ2n) is 6.37.